The van der Waals surface area contributed by atoms with E-state index in [-0.39, 0.29) is 28.7 Å². The van der Waals surface area contributed by atoms with Gasteiger partial charge in [0, 0.05) is 28.4 Å². The Morgan fingerprint density at radius 1 is 0.767 bits per heavy atom. The Morgan fingerprint density at radius 2 is 1.40 bits per heavy atom. The third kappa shape index (κ3) is 4.43. The zero-order valence-electron chi connectivity index (χ0n) is 16.0. The molecule has 3 aromatic carbocycles. The first-order chi connectivity index (χ1) is 14.5. The lowest BCUT2D eigenvalue weighted by Gasteiger charge is -2.11. The zero-order valence-corrected chi connectivity index (χ0v) is 16.0. The molecule has 0 unspecified atom stereocenters. The summed E-state index contributed by atoms with van der Waals surface area (Å²) in [6.07, 6.45) is 1.81. The van der Waals surface area contributed by atoms with Crippen LogP contribution in [0.2, 0.25) is 0 Å². The van der Waals surface area contributed by atoms with Crippen molar-refractivity contribution >= 4 is 29.0 Å². The topological polar surface area (TPSA) is 75.3 Å². The molecule has 0 aliphatic heterocycles. The predicted octanol–water partition coefficient (Wildman–Crippen LogP) is 4.66. The summed E-state index contributed by atoms with van der Waals surface area (Å²) in [5, 5.41) is 5.61. The SMILES string of the molecule is O=C(Nc1cccc(NC(=O)C2CC2)c1)c1ccccc1C(=O)c1ccc(F)cc1. The lowest BCUT2D eigenvalue weighted by Crippen LogP contribution is -2.17. The molecule has 0 atom stereocenters. The molecule has 0 saturated heterocycles. The number of benzene rings is 3. The van der Waals surface area contributed by atoms with Crippen molar-refractivity contribution in [1.29, 1.82) is 0 Å². The largest absolute Gasteiger partial charge is 0.326 e. The maximum atomic E-state index is 13.2. The van der Waals surface area contributed by atoms with Crippen LogP contribution in [0.15, 0.2) is 72.8 Å². The maximum Gasteiger partial charge on any atom is 0.256 e. The van der Waals surface area contributed by atoms with Crippen LogP contribution in [0.5, 0.6) is 0 Å². The monoisotopic (exact) mass is 402 g/mol. The molecule has 0 spiro atoms. The van der Waals surface area contributed by atoms with E-state index in [1.807, 2.05) is 0 Å². The molecule has 150 valence electrons. The van der Waals surface area contributed by atoms with Crippen LogP contribution in [0.1, 0.15) is 39.1 Å². The van der Waals surface area contributed by atoms with Gasteiger partial charge in [0.25, 0.3) is 5.91 Å². The summed E-state index contributed by atoms with van der Waals surface area (Å²) >= 11 is 0. The molecule has 0 bridgehead atoms. The predicted molar refractivity (Wildman–Crippen MR) is 112 cm³/mol. The van der Waals surface area contributed by atoms with E-state index in [1.54, 1.807) is 48.5 Å². The number of amides is 2. The number of carbonyl (C=O) groups is 3. The van der Waals surface area contributed by atoms with Gasteiger partial charge < -0.3 is 10.6 Å². The molecule has 30 heavy (non-hydrogen) atoms. The second kappa shape index (κ2) is 8.29. The third-order valence-corrected chi connectivity index (χ3v) is 4.86. The molecule has 4 rings (SSSR count). The minimum absolute atomic E-state index is 0.0197. The average molecular weight is 402 g/mol. The van der Waals surface area contributed by atoms with E-state index in [1.165, 1.54) is 24.3 Å². The molecule has 6 heteroatoms. The minimum Gasteiger partial charge on any atom is -0.326 e. The maximum absolute atomic E-state index is 13.2. The number of nitrogens with one attached hydrogen (secondary N) is 2. The number of hydrogen-bond acceptors (Lipinski definition) is 3. The van der Waals surface area contributed by atoms with Gasteiger partial charge in [-0.2, -0.15) is 0 Å². The molecule has 0 aromatic heterocycles. The van der Waals surface area contributed by atoms with E-state index < -0.39 is 11.7 Å². The summed E-state index contributed by atoms with van der Waals surface area (Å²) in [4.78, 5) is 37.6. The Labute approximate surface area is 172 Å². The molecule has 2 amide bonds. The first-order valence-electron chi connectivity index (χ1n) is 9.63. The lowest BCUT2D eigenvalue weighted by molar-refractivity contribution is -0.117. The molecule has 1 aliphatic rings. The van der Waals surface area contributed by atoms with Gasteiger partial charge in [-0.1, -0.05) is 24.3 Å². The van der Waals surface area contributed by atoms with Crippen LogP contribution in [0.4, 0.5) is 15.8 Å². The van der Waals surface area contributed by atoms with Crippen LogP contribution in [0, 0.1) is 11.7 Å². The Morgan fingerprint density at radius 3 is 2.07 bits per heavy atom. The fourth-order valence-electron chi connectivity index (χ4n) is 3.10. The van der Waals surface area contributed by atoms with Crippen molar-refractivity contribution in [2.24, 2.45) is 5.92 Å². The van der Waals surface area contributed by atoms with Gasteiger partial charge in [0.1, 0.15) is 5.82 Å². The van der Waals surface area contributed by atoms with Gasteiger partial charge in [-0.05, 0) is 61.4 Å². The number of rotatable bonds is 6. The van der Waals surface area contributed by atoms with Gasteiger partial charge in [-0.15, -0.1) is 0 Å². The van der Waals surface area contributed by atoms with E-state index in [9.17, 15) is 18.8 Å². The highest BCUT2D eigenvalue weighted by Crippen LogP contribution is 2.30. The molecular formula is C24H19FN2O3. The van der Waals surface area contributed by atoms with Gasteiger partial charge >= 0.3 is 0 Å². The number of carbonyl (C=O) groups excluding carboxylic acids is 3. The van der Waals surface area contributed by atoms with Crippen molar-refractivity contribution in [3.8, 4) is 0 Å². The van der Waals surface area contributed by atoms with Crippen LogP contribution in [0.25, 0.3) is 0 Å². The fraction of sp³-hybridized carbons (Fsp3) is 0.125. The highest BCUT2D eigenvalue weighted by atomic mass is 19.1. The molecule has 1 aliphatic carbocycles. The quantitative estimate of drug-likeness (QED) is 0.589. The van der Waals surface area contributed by atoms with Crippen LogP contribution in [-0.4, -0.2) is 17.6 Å². The Balaban J connectivity index is 1.53. The normalized spacial score (nSPS) is 12.8. The molecule has 0 heterocycles. The zero-order chi connectivity index (χ0) is 21.1. The molecule has 3 aromatic rings. The number of halogens is 1. The van der Waals surface area contributed by atoms with E-state index in [0.29, 0.717) is 16.9 Å². The summed E-state index contributed by atoms with van der Waals surface area (Å²) in [7, 11) is 0. The van der Waals surface area contributed by atoms with Gasteiger partial charge in [0.15, 0.2) is 5.78 Å². The van der Waals surface area contributed by atoms with Crippen molar-refractivity contribution in [3.05, 3.63) is 95.3 Å². The van der Waals surface area contributed by atoms with E-state index in [2.05, 4.69) is 10.6 Å². The Bertz CT molecular complexity index is 1120. The van der Waals surface area contributed by atoms with E-state index >= 15 is 0 Å². The van der Waals surface area contributed by atoms with Crippen LogP contribution < -0.4 is 10.6 Å². The molecule has 1 saturated carbocycles. The molecular weight excluding hydrogens is 383 g/mol. The van der Waals surface area contributed by atoms with Crippen molar-refractivity contribution in [1.82, 2.24) is 0 Å². The van der Waals surface area contributed by atoms with Gasteiger partial charge in [-0.25, -0.2) is 4.39 Å². The van der Waals surface area contributed by atoms with Crippen molar-refractivity contribution in [2.75, 3.05) is 10.6 Å². The highest BCUT2D eigenvalue weighted by molar-refractivity contribution is 6.17. The molecule has 0 radical (unpaired) electrons. The first-order valence-corrected chi connectivity index (χ1v) is 9.63. The van der Waals surface area contributed by atoms with Crippen molar-refractivity contribution in [3.63, 3.8) is 0 Å². The second-order valence-electron chi connectivity index (χ2n) is 7.18. The van der Waals surface area contributed by atoms with Crippen LogP contribution in [-0.2, 0) is 4.79 Å². The average Bonchev–Trinajstić information content (AvgIpc) is 3.60. The highest BCUT2D eigenvalue weighted by Gasteiger charge is 2.29. The molecule has 1 fully saturated rings. The van der Waals surface area contributed by atoms with E-state index in [4.69, 9.17) is 0 Å². The van der Waals surface area contributed by atoms with Gasteiger partial charge in [-0.3, -0.25) is 14.4 Å². The smallest absolute Gasteiger partial charge is 0.256 e. The summed E-state index contributed by atoms with van der Waals surface area (Å²) in [5.74, 6) is -1.20. The fourth-order valence-corrected chi connectivity index (χ4v) is 3.10. The lowest BCUT2D eigenvalue weighted by atomic mass is 9.98. The number of ketones is 1. The minimum atomic E-state index is -0.452. The number of anilines is 2. The van der Waals surface area contributed by atoms with Crippen molar-refractivity contribution in [2.45, 2.75) is 12.8 Å². The first kappa shape index (κ1) is 19.5. The Kier molecular flexibility index (Phi) is 5.39. The second-order valence-corrected chi connectivity index (χ2v) is 7.18. The summed E-state index contributed by atoms with van der Waals surface area (Å²) in [5.41, 5.74) is 1.82. The van der Waals surface area contributed by atoms with Crippen molar-refractivity contribution < 1.29 is 18.8 Å². The van der Waals surface area contributed by atoms with Gasteiger partial charge in [0.05, 0.1) is 5.56 Å². The summed E-state index contributed by atoms with van der Waals surface area (Å²) in [6, 6.07) is 18.5. The summed E-state index contributed by atoms with van der Waals surface area (Å²) in [6.45, 7) is 0. The van der Waals surface area contributed by atoms with Crippen LogP contribution >= 0.6 is 0 Å². The molecule has 2 N–H and O–H groups in total. The van der Waals surface area contributed by atoms with Gasteiger partial charge in [0.2, 0.25) is 5.91 Å². The number of hydrogen-bond donors (Lipinski definition) is 2. The van der Waals surface area contributed by atoms with Crippen LogP contribution in [0.3, 0.4) is 0 Å². The Hall–Kier alpha value is -3.80. The van der Waals surface area contributed by atoms with E-state index in [0.717, 1.165) is 12.8 Å². The third-order valence-electron chi connectivity index (χ3n) is 4.86. The molecule has 5 nitrogen and oxygen atoms in total. The summed E-state index contributed by atoms with van der Waals surface area (Å²) < 4.78 is 13.2. The standard InChI is InChI=1S/C24H19FN2O3/c25-17-12-10-15(11-13-17)22(28)20-6-1-2-7-21(20)24(30)27-19-5-3-4-18(14-19)26-23(29)16-8-9-16/h1-7,10-14,16H,8-9H2,(H,26,29)(H,27,30).